The van der Waals surface area contributed by atoms with Crippen LogP contribution in [0.1, 0.15) is 11.1 Å². The minimum Gasteiger partial charge on any atom is -0.394 e. The van der Waals surface area contributed by atoms with E-state index in [-0.39, 0.29) is 24.4 Å². The van der Waals surface area contributed by atoms with Gasteiger partial charge in [0.2, 0.25) is 5.91 Å². The van der Waals surface area contributed by atoms with E-state index in [1.807, 2.05) is 25.3 Å². The second-order valence-corrected chi connectivity index (χ2v) is 4.91. The van der Waals surface area contributed by atoms with Crippen molar-refractivity contribution in [2.75, 3.05) is 12.5 Å². The number of hydrogen-bond donors (Lipinski definition) is 3. The van der Waals surface area contributed by atoms with Crippen LogP contribution in [0.25, 0.3) is 10.9 Å². The highest BCUT2D eigenvalue weighted by Crippen LogP contribution is 2.20. The van der Waals surface area contributed by atoms with E-state index in [0.717, 1.165) is 16.5 Å². The molecule has 102 valence electrons. The third-order valence-corrected chi connectivity index (χ3v) is 3.34. The van der Waals surface area contributed by atoms with E-state index < -0.39 is 0 Å². The molecule has 0 aliphatic heterocycles. The van der Waals surface area contributed by atoms with Gasteiger partial charge in [0.25, 0.3) is 0 Å². The van der Waals surface area contributed by atoms with Crippen LogP contribution in [0.15, 0.2) is 24.4 Å². The predicted octanol–water partition coefficient (Wildman–Crippen LogP) is 1.73. The lowest BCUT2D eigenvalue weighted by Crippen LogP contribution is -2.39. The number of rotatable bonds is 5. The maximum absolute atomic E-state index is 11.3. The number of alkyl halides is 1. The number of benzene rings is 1. The van der Waals surface area contributed by atoms with Crippen molar-refractivity contribution in [1.82, 2.24) is 10.3 Å². The summed E-state index contributed by atoms with van der Waals surface area (Å²) in [6.07, 6.45) is 2.49. The average molecular weight is 281 g/mol. The Bertz CT molecular complexity index is 580. The summed E-state index contributed by atoms with van der Waals surface area (Å²) in [6, 6.07) is 5.85. The van der Waals surface area contributed by atoms with Crippen molar-refractivity contribution in [2.24, 2.45) is 0 Å². The summed E-state index contributed by atoms with van der Waals surface area (Å²) in [5.41, 5.74) is 3.31. The fourth-order valence-corrected chi connectivity index (χ4v) is 2.23. The Hall–Kier alpha value is -1.52. The highest BCUT2D eigenvalue weighted by atomic mass is 35.5. The van der Waals surface area contributed by atoms with Crippen molar-refractivity contribution in [3.05, 3.63) is 35.5 Å². The summed E-state index contributed by atoms with van der Waals surface area (Å²) in [5, 5.41) is 13.2. The van der Waals surface area contributed by atoms with Crippen LogP contribution < -0.4 is 5.32 Å². The second kappa shape index (κ2) is 6.08. The molecule has 2 aromatic rings. The minimum absolute atomic E-state index is 0.0938. The molecule has 19 heavy (non-hydrogen) atoms. The van der Waals surface area contributed by atoms with Crippen molar-refractivity contribution >= 4 is 28.4 Å². The molecule has 0 bridgehead atoms. The van der Waals surface area contributed by atoms with Gasteiger partial charge in [0, 0.05) is 17.1 Å². The molecule has 1 unspecified atom stereocenters. The van der Waals surface area contributed by atoms with Gasteiger partial charge in [-0.15, -0.1) is 11.6 Å². The quantitative estimate of drug-likeness (QED) is 0.731. The van der Waals surface area contributed by atoms with Gasteiger partial charge in [-0.05, 0) is 31.0 Å². The molecule has 0 aliphatic rings. The number of fused-ring (bicyclic) bond motifs is 1. The zero-order valence-corrected chi connectivity index (χ0v) is 11.5. The molecular weight excluding hydrogens is 264 g/mol. The van der Waals surface area contributed by atoms with Gasteiger partial charge in [-0.25, -0.2) is 0 Å². The first kappa shape index (κ1) is 13.9. The maximum Gasteiger partial charge on any atom is 0.235 e. The first-order chi connectivity index (χ1) is 9.13. The summed E-state index contributed by atoms with van der Waals surface area (Å²) >= 11 is 5.45. The lowest BCUT2D eigenvalue weighted by atomic mass is 10.0. The fourth-order valence-electron chi connectivity index (χ4n) is 2.15. The van der Waals surface area contributed by atoms with Crippen molar-refractivity contribution in [2.45, 2.75) is 19.4 Å². The number of carbonyl (C=O) groups excluding carboxylic acids is 1. The molecule has 0 aliphatic carbocycles. The molecule has 1 atom stereocenters. The van der Waals surface area contributed by atoms with Gasteiger partial charge in [-0.1, -0.05) is 11.6 Å². The number of halogens is 1. The van der Waals surface area contributed by atoms with Gasteiger partial charge in [-0.2, -0.15) is 0 Å². The first-order valence-corrected chi connectivity index (χ1v) is 6.70. The molecule has 4 nitrogen and oxygen atoms in total. The third-order valence-electron chi connectivity index (χ3n) is 3.10. The van der Waals surface area contributed by atoms with Crippen molar-refractivity contribution < 1.29 is 9.90 Å². The molecule has 2 rings (SSSR count). The SMILES string of the molecule is Cc1ccc2[nH]cc(CC(CO)NC(=O)CCl)c2c1. The molecule has 0 radical (unpaired) electrons. The number of aliphatic hydroxyl groups is 1. The van der Waals surface area contributed by atoms with Gasteiger partial charge < -0.3 is 15.4 Å². The van der Waals surface area contributed by atoms with Crippen LogP contribution in [-0.2, 0) is 11.2 Å². The van der Waals surface area contributed by atoms with Crippen LogP contribution in [-0.4, -0.2) is 34.5 Å². The topological polar surface area (TPSA) is 65.1 Å². The molecule has 0 saturated heterocycles. The van der Waals surface area contributed by atoms with E-state index in [0.29, 0.717) is 6.42 Å². The monoisotopic (exact) mass is 280 g/mol. The Kier molecular flexibility index (Phi) is 4.45. The number of aryl methyl sites for hydroxylation is 1. The summed E-state index contributed by atoms with van der Waals surface area (Å²) in [4.78, 5) is 14.5. The molecule has 1 aromatic heterocycles. The van der Waals surface area contributed by atoms with Gasteiger partial charge in [0.15, 0.2) is 0 Å². The normalized spacial score (nSPS) is 12.6. The van der Waals surface area contributed by atoms with Crippen LogP contribution >= 0.6 is 11.6 Å². The van der Waals surface area contributed by atoms with Crippen LogP contribution in [0.2, 0.25) is 0 Å². The molecular formula is C14H17ClN2O2. The van der Waals surface area contributed by atoms with Gasteiger partial charge in [0.05, 0.1) is 12.6 Å². The number of aromatic nitrogens is 1. The molecule has 0 saturated carbocycles. The number of aliphatic hydroxyl groups excluding tert-OH is 1. The van der Waals surface area contributed by atoms with Crippen LogP contribution in [0.4, 0.5) is 0 Å². The van der Waals surface area contributed by atoms with E-state index in [1.165, 1.54) is 5.56 Å². The molecule has 0 spiro atoms. The Labute approximate surface area is 116 Å². The van der Waals surface area contributed by atoms with E-state index in [9.17, 15) is 9.90 Å². The molecule has 5 heteroatoms. The Morgan fingerprint density at radius 1 is 1.53 bits per heavy atom. The largest absolute Gasteiger partial charge is 0.394 e. The average Bonchev–Trinajstić information content (AvgIpc) is 2.80. The van der Waals surface area contributed by atoms with Crippen molar-refractivity contribution in [1.29, 1.82) is 0 Å². The number of nitrogens with one attached hydrogen (secondary N) is 2. The predicted molar refractivity (Wildman–Crippen MR) is 76.5 cm³/mol. The van der Waals surface area contributed by atoms with Crippen LogP contribution in [0, 0.1) is 6.92 Å². The Balaban J connectivity index is 2.19. The minimum atomic E-state index is -0.314. The highest BCUT2D eigenvalue weighted by molar-refractivity contribution is 6.27. The number of aromatic amines is 1. The van der Waals surface area contributed by atoms with Crippen molar-refractivity contribution in [3.8, 4) is 0 Å². The second-order valence-electron chi connectivity index (χ2n) is 4.65. The smallest absolute Gasteiger partial charge is 0.235 e. The third kappa shape index (κ3) is 3.28. The molecule has 1 aromatic carbocycles. The first-order valence-electron chi connectivity index (χ1n) is 6.17. The maximum atomic E-state index is 11.3. The number of hydrogen-bond acceptors (Lipinski definition) is 2. The standard InChI is InChI=1S/C14H17ClN2O2/c1-9-2-3-13-12(4-9)10(7-16-13)5-11(8-18)17-14(19)6-15/h2-4,7,11,16,18H,5-6,8H2,1H3,(H,17,19). The Morgan fingerprint density at radius 2 is 2.32 bits per heavy atom. The van der Waals surface area contributed by atoms with E-state index in [4.69, 9.17) is 11.6 Å². The summed E-state index contributed by atoms with van der Waals surface area (Å²) < 4.78 is 0. The van der Waals surface area contributed by atoms with Gasteiger partial charge in [-0.3, -0.25) is 4.79 Å². The van der Waals surface area contributed by atoms with Crippen molar-refractivity contribution in [3.63, 3.8) is 0 Å². The molecule has 3 N–H and O–H groups in total. The lowest BCUT2D eigenvalue weighted by molar-refractivity contribution is -0.119. The summed E-state index contributed by atoms with van der Waals surface area (Å²) in [6.45, 7) is 1.93. The van der Waals surface area contributed by atoms with Gasteiger partial charge in [0.1, 0.15) is 5.88 Å². The molecule has 0 fully saturated rings. The van der Waals surface area contributed by atoms with Crippen LogP contribution in [0.5, 0.6) is 0 Å². The zero-order chi connectivity index (χ0) is 13.8. The summed E-state index contributed by atoms with van der Waals surface area (Å²) in [5.74, 6) is -0.361. The van der Waals surface area contributed by atoms with E-state index in [1.54, 1.807) is 0 Å². The molecule has 1 heterocycles. The van der Waals surface area contributed by atoms with E-state index in [2.05, 4.69) is 16.4 Å². The number of carbonyl (C=O) groups is 1. The Morgan fingerprint density at radius 3 is 3.00 bits per heavy atom. The zero-order valence-electron chi connectivity index (χ0n) is 10.7. The number of amides is 1. The van der Waals surface area contributed by atoms with Gasteiger partial charge >= 0.3 is 0 Å². The fraction of sp³-hybridized carbons (Fsp3) is 0.357. The number of H-pyrrole nitrogens is 1. The lowest BCUT2D eigenvalue weighted by Gasteiger charge is -2.15. The van der Waals surface area contributed by atoms with Crippen LogP contribution in [0.3, 0.4) is 0 Å². The highest BCUT2D eigenvalue weighted by Gasteiger charge is 2.14. The molecule has 1 amide bonds. The van der Waals surface area contributed by atoms with E-state index >= 15 is 0 Å². The summed E-state index contributed by atoms with van der Waals surface area (Å²) in [7, 11) is 0.